The molecule has 2 unspecified atom stereocenters. The van der Waals surface area contributed by atoms with Gasteiger partial charge in [0, 0.05) is 88.8 Å². The van der Waals surface area contributed by atoms with Crippen LogP contribution in [0.2, 0.25) is 0 Å². The molecular weight excluding hydrogens is 1350 g/mol. The molecule has 95 heavy (non-hydrogen) atoms. The van der Waals surface area contributed by atoms with E-state index in [0.29, 0.717) is 62.8 Å². The summed E-state index contributed by atoms with van der Waals surface area (Å²) in [5.41, 5.74) is 3.72. The molecule has 2 aromatic heterocycles. The fourth-order valence-corrected chi connectivity index (χ4v) is 15.1. The Hall–Kier alpha value is -7.23. The van der Waals surface area contributed by atoms with Gasteiger partial charge in [0.05, 0.1) is 69.7 Å². The summed E-state index contributed by atoms with van der Waals surface area (Å²) < 4.78 is 128. The normalized spacial score (nSPS) is 17.5. The van der Waals surface area contributed by atoms with Crippen molar-refractivity contribution in [1.29, 1.82) is 0 Å². The van der Waals surface area contributed by atoms with Gasteiger partial charge in [-0.3, -0.25) is 52.5 Å². The van der Waals surface area contributed by atoms with Crippen molar-refractivity contribution in [1.82, 2.24) is 24.5 Å². The summed E-state index contributed by atoms with van der Waals surface area (Å²) in [6.45, 7) is 9.66. The van der Waals surface area contributed by atoms with Gasteiger partial charge in [0.15, 0.2) is 34.2 Å². The van der Waals surface area contributed by atoms with E-state index in [0.717, 1.165) is 17.7 Å². The number of fused-ring (bicyclic) bond motifs is 2. The van der Waals surface area contributed by atoms with Gasteiger partial charge in [0.1, 0.15) is 42.0 Å². The number of benzene rings is 4. The van der Waals surface area contributed by atoms with Crippen LogP contribution in [0, 0.1) is 23.3 Å². The maximum absolute atomic E-state index is 14.4. The van der Waals surface area contributed by atoms with Crippen LogP contribution in [-0.4, -0.2) is 141 Å². The average Bonchev–Trinajstić information content (AvgIpc) is 1.69. The molecule has 0 saturated carbocycles. The summed E-state index contributed by atoms with van der Waals surface area (Å²) >= 11 is 3.37. The predicted octanol–water partition coefficient (Wildman–Crippen LogP) is 9.84. The first-order valence-electron chi connectivity index (χ1n) is 31.0. The molecule has 2 fully saturated rings. The van der Waals surface area contributed by atoms with Gasteiger partial charge in [-0.15, -0.1) is 0 Å². The average molecular weight is 1430 g/mol. The van der Waals surface area contributed by atoms with E-state index in [-0.39, 0.29) is 129 Å². The van der Waals surface area contributed by atoms with Crippen LogP contribution in [0.5, 0.6) is 11.5 Å². The molecule has 514 valence electrons. The van der Waals surface area contributed by atoms with Crippen LogP contribution in [0.25, 0.3) is 0 Å². The highest BCUT2D eigenvalue weighted by Gasteiger charge is 2.54. The van der Waals surface area contributed by atoms with Crippen LogP contribution in [0.4, 0.5) is 17.6 Å². The van der Waals surface area contributed by atoms with E-state index in [1.165, 1.54) is 34.0 Å². The summed E-state index contributed by atoms with van der Waals surface area (Å²) in [5, 5.41) is 6.34. The number of hydrogen-bond acceptors (Lipinski definition) is 18. The molecule has 4 aromatic carbocycles. The minimum absolute atomic E-state index is 0.0110. The second-order valence-corrected chi connectivity index (χ2v) is 27.4. The zero-order chi connectivity index (χ0) is 68.7. The van der Waals surface area contributed by atoms with E-state index in [1.54, 1.807) is 81.8 Å². The van der Waals surface area contributed by atoms with Gasteiger partial charge in [-0.2, -0.15) is 0 Å². The highest BCUT2D eigenvalue weighted by molar-refractivity contribution is 9.10. The SMILES string of the molecule is CCOP(=O)(CCCN1n2cc(Br)c(=O)c(OCc3ccccc3)c2C(=O)N(C)C12CCOC2)OCC.CCOP(=O)(CCCN1n2cc(C(=O)NCc3ccc(F)cc3F)c(=O)c(OCc3ccccc3)c2C(=O)N(C)C12CCOC2)OCC.NCc1ccc(F)cc1F. The molecule has 23 nitrogen and oxygen atoms in total. The Balaban J connectivity index is 0.000000217. The predicted molar refractivity (Wildman–Crippen MR) is 350 cm³/mol. The van der Waals surface area contributed by atoms with Crippen molar-refractivity contribution in [3.05, 3.63) is 197 Å². The quantitative estimate of drug-likeness (QED) is 0.0378. The summed E-state index contributed by atoms with van der Waals surface area (Å²) in [5.74, 6) is -4.86. The maximum atomic E-state index is 14.4. The Morgan fingerprint density at radius 1 is 0.611 bits per heavy atom. The molecule has 0 aliphatic carbocycles. The molecule has 30 heteroatoms. The van der Waals surface area contributed by atoms with Crippen molar-refractivity contribution in [2.75, 3.05) is 102 Å². The topological polar surface area (TPSA) is 254 Å². The first-order chi connectivity index (χ1) is 45.5. The summed E-state index contributed by atoms with van der Waals surface area (Å²) in [6, 6.07) is 24.8. The number of ether oxygens (including phenoxy) is 4. The molecule has 3 N–H and O–H groups in total. The van der Waals surface area contributed by atoms with Gasteiger partial charge < -0.3 is 57.9 Å². The number of nitrogens with two attached hydrogens (primary N) is 1. The van der Waals surface area contributed by atoms with Crippen LogP contribution in [0.3, 0.4) is 0 Å². The highest BCUT2D eigenvalue weighted by Crippen LogP contribution is 2.50. The number of carbonyl (C=O) groups excluding carboxylic acids is 3. The second kappa shape index (κ2) is 33.1. The molecule has 2 atom stereocenters. The molecule has 0 bridgehead atoms. The van der Waals surface area contributed by atoms with Gasteiger partial charge in [0.2, 0.25) is 10.9 Å². The third kappa shape index (κ3) is 17.0. The molecule has 6 aromatic rings. The summed E-state index contributed by atoms with van der Waals surface area (Å²) in [4.78, 5) is 71.7. The van der Waals surface area contributed by atoms with Crippen molar-refractivity contribution in [2.24, 2.45) is 5.73 Å². The number of rotatable bonds is 26. The molecule has 10 rings (SSSR count). The number of aromatic nitrogens is 2. The number of halogens is 5. The highest BCUT2D eigenvalue weighted by atomic mass is 79.9. The van der Waals surface area contributed by atoms with E-state index in [1.807, 2.05) is 46.4 Å². The van der Waals surface area contributed by atoms with Crippen molar-refractivity contribution < 1.29 is 78.1 Å². The number of amides is 3. The van der Waals surface area contributed by atoms with Crippen molar-refractivity contribution >= 4 is 48.8 Å². The zero-order valence-corrected chi connectivity index (χ0v) is 57.1. The lowest BCUT2D eigenvalue weighted by molar-refractivity contribution is 0.0294. The fourth-order valence-electron chi connectivity index (χ4n) is 11.5. The first-order valence-corrected chi connectivity index (χ1v) is 35.3. The number of likely N-dealkylation sites (N-methyl/N-ethyl adjacent to an activating group) is 2. The smallest absolute Gasteiger partial charge is 0.330 e. The van der Waals surface area contributed by atoms with Crippen LogP contribution in [0.15, 0.2) is 124 Å². The molecule has 4 aliphatic heterocycles. The molecule has 6 heterocycles. The van der Waals surface area contributed by atoms with E-state index < -0.39 is 72.5 Å². The lowest BCUT2D eigenvalue weighted by Gasteiger charge is -2.52. The van der Waals surface area contributed by atoms with Crippen LogP contribution < -0.4 is 41.4 Å². The molecule has 3 amide bonds. The second-order valence-electron chi connectivity index (χ2n) is 22.2. The van der Waals surface area contributed by atoms with Crippen molar-refractivity contribution in [3.63, 3.8) is 0 Å². The Kier molecular flexibility index (Phi) is 25.7. The lowest BCUT2D eigenvalue weighted by atomic mass is 10.0. The molecule has 2 spiro atoms. The Morgan fingerprint density at radius 2 is 1.03 bits per heavy atom. The van der Waals surface area contributed by atoms with Crippen molar-refractivity contribution in [3.8, 4) is 11.5 Å². The molecule has 4 aliphatic rings. The van der Waals surface area contributed by atoms with Gasteiger partial charge in [-0.05, 0) is 79.7 Å². The van der Waals surface area contributed by atoms with Crippen LogP contribution >= 0.6 is 31.1 Å². The number of nitrogens with zero attached hydrogens (tertiary/aromatic N) is 6. The van der Waals surface area contributed by atoms with E-state index in [4.69, 9.17) is 42.8 Å². The maximum Gasteiger partial charge on any atom is 0.330 e. The zero-order valence-electron chi connectivity index (χ0n) is 53.7. The first kappa shape index (κ1) is 73.6. The third-order valence-corrected chi connectivity index (χ3v) is 21.1. The molecule has 0 radical (unpaired) electrons. The molecule has 2 saturated heterocycles. The standard InChI is InChI=1S/C33H39F2N4O8P.C25H33BrN3O7P.C7H7F2N/c1-4-46-48(43,47-5-2)17-9-15-39-33(14-16-44-22-33)37(3)32(42)28-30(45-21-23-10-7-6-8-11-23)29(40)26(20-38(28)39)31(41)36-19-24-12-13-25(34)18-27(24)35;1-4-35-37(32,36-5-2)15-9-13-29-25(12-14-33-18-25)27(3)24(31)21-23(22(30)20(26)16-28(21)29)34-17-19-10-7-6-8-11-19;8-6-2-1-5(4-10)7(9)3-6/h6-8,10-13,18,20H,4-5,9,14-17,19,21-22H2,1-3H3,(H,36,41);6-8,10-11,16H,4-5,9,12-15,17-18H2,1-3H3;1-3H,4,10H2. The summed E-state index contributed by atoms with van der Waals surface area (Å²) in [6.07, 6.45) is 4.88. The third-order valence-electron chi connectivity index (χ3n) is 16.2. The Morgan fingerprint density at radius 3 is 1.43 bits per heavy atom. The lowest BCUT2D eigenvalue weighted by Crippen LogP contribution is -2.70. The minimum atomic E-state index is -3.42. The van der Waals surface area contributed by atoms with E-state index in [9.17, 15) is 50.7 Å². The minimum Gasteiger partial charge on any atom is -0.482 e. The largest absolute Gasteiger partial charge is 0.482 e. The molecular formula is C65H79BrF4N8O15P2. The van der Waals surface area contributed by atoms with E-state index in [2.05, 4.69) is 21.2 Å². The Labute approximate surface area is 556 Å². The van der Waals surface area contributed by atoms with Gasteiger partial charge in [0.25, 0.3) is 17.7 Å². The number of hydrogen-bond donors (Lipinski definition) is 2. The van der Waals surface area contributed by atoms with Gasteiger partial charge in [-0.25, -0.2) is 17.6 Å². The van der Waals surface area contributed by atoms with Crippen LogP contribution in [-0.2, 0) is 63.0 Å². The van der Waals surface area contributed by atoms with Crippen LogP contribution in [0.1, 0.15) is 107 Å². The van der Waals surface area contributed by atoms with Gasteiger partial charge >= 0.3 is 15.2 Å². The fraction of sp³-hybridized carbons (Fsp3) is 0.431. The Bertz CT molecular complexity index is 3860. The number of carbonyl (C=O) groups is 3. The van der Waals surface area contributed by atoms with Gasteiger partial charge in [-0.1, -0.05) is 72.8 Å². The number of nitrogens with one attached hydrogen (secondary N) is 1. The summed E-state index contributed by atoms with van der Waals surface area (Å²) in [7, 11) is -3.33. The monoisotopic (exact) mass is 1430 g/mol. The van der Waals surface area contributed by atoms with Crippen molar-refractivity contribution in [2.45, 2.75) is 91.0 Å². The number of pyridine rings is 2. The van der Waals surface area contributed by atoms with E-state index >= 15 is 0 Å².